The maximum Gasteiger partial charge on any atom is 0.220 e. The molecule has 2 atom stereocenters. The average Bonchev–Trinajstić information content (AvgIpc) is 2.60. The van der Waals surface area contributed by atoms with Gasteiger partial charge in [-0.2, -0.15) is 0 Å². The summed E-state index contributed by atoms with van der Waals surface area (Å²) < 4.78 is 0. The van der Waals surface area contributed by atoms with Crippen molar-refractivity contribution in [1.82, 2.24) is 5.32 Å². The van der Waals surface area contributed by atoms with Gasteiger partial charge in [0.1, 0.15) is 0 Å². The summed E-state index contributed by atoms with van der Waals surface area (Å²) in [5.41, 5.74) is 8.83. The molecule has 1 saturated carbocycles. The molecule has 0 aromatic heterocycles. The molecule has 0 radical (unpaired) electrons. The minimum atomic E-state index is 0. The quantitative estimate of drug-likeness (QED) is 0.852. The Morgan fingerprint density at radius 3 is 2.54 bits per heavy atom. The summed E-state index contributed by atoms with van der Waals surface area (Å²) in [7, 11) is 0. The molecule has 24 heavy (non-hydrogen) atoms. The molecule has 2 aliphatic rings. The molecule has 1 aromatic rings. The molecule has 0 aliphatic heterocycles. The first-order valence-corrected chi connectivity index (χ1v) is 9.32. The number of hydrogen-bond donors (Lipinski definition) is 2. The van der Waals surface area contributed by atoms with Gasteiger partial charge in [-0.1, -0.05) is 43.5 Å². The second kappa shape index (κ2) is 9.43. The van der Waals surface area contributed by atoms with Crippen LogP contribution in [0.1, 0.15) is 56.1 Å². The van der Waals surface area contributed by atoms with Crippen molar-refractivity contribution in [2.45, 2.75) is 63.8 Å². The van der Waals surface area contributed by atoms with Crippen LogP contribution < -0.4 is 11.1 Å². The topological polar surface area (TPSA) is 55.1 Å². The Bertz CT molecular complexity index is 528. The van der Waals surface area contributed by atoms with E-state index in [2.05, 4.69) is 29.6 Å². The predicted octanol–water partition coefficient (Wildman–Crippen LogP) is 3.63. The maximum absolute atomic E-state index is 12.5. The number of carbonyl (C=O) groups excluding carboxylic acids is 1. The summed E-state index contributed by atoms with van der Waals surface area (Å²) in [6.07, 6.45) is 10.3. The summed E-state index contributed by atoms with van der Waals surface area (Å²) in [6.45, 7) is 0.573. The van der Waals surface area contributed by atoms with Crippen LogP contribution in [0.4, 0.5) is 0 Å². The van der Waals surface area contributed by atoms with Crippen LogP contribution in [0.3, 0.4) is 0 Å². The SMILES string of the molecule is Cl.NCC(NC(=O)CC1CCc2ccccc2C1)C1CCCCC1. The first-order valence-electron chi connectivity index (χ1n) is 9.32. The number of halogens is 1. The van der Waals surface area contributed by atoms with Crippen LogP contribution in [-0.4, -0.2) is 18.5 Å². The molecule has 1 fully saturated rings. The second-order valence-corrected chi connectivity index (χ2v) is 7.39. The molecule has 0 saturated heterocycles. The van der Waals surface area contributed by atoms with E-state index in [0.29, 0.717) is 24.8 Å². The molecule has 3 nitrogen and oxygen atoms in total. The van der Waals surface area contributed by atoms with Gasteiger partial charge in [0, 0.05) is 19.0 Å². The smallest absolute Gasteiger partial charge is 0.220 e. The van der Waals surface area contributed by atoms with E-state index in [0.717, 1.165) is 19.3 Å². The first-order chi connectivity index (χ1) is 11.3. The molecule has 4 heteroatoms. The van der Waals surface area contributed by atoms with Crippen LogP contribution >= 0.6 is 12.4 Å². The van der Waals surface area contributed by atoms with E-state index < -0.39 is 0 Å². The number of hydrogen-bond acceptors (Lipinski definition) is 2. The Labute approximate surface area is 152 Å². The van der Waals surface area contributed by atoms with Crippen molar-refractivity contribution in [3.63, 3.8) is 0 Å². The lowest BCUT2D eigenvalue weighted by atomic mass is 9.81. The zero-order valence-electron chi connectivity index (χ0n) is 14.5. The molecule has 134 valence electrons. The largest absolute Gasteiger partial charge is 0.352 e. The average molecular weight is 351 g/mol. The minimum absolute atomic E-state index is 0. The number of nitrogens with one attached hydrogen (secondary N) is 1. The fraction of sp³-hybridized carbons (Fsp3) is 0.650. The molecule has 0 spiro atoms. The zero-order chi connectivity index (χ0) is 16.1. The third kappa shape index (κ3) is 4.97. The van der Waals surface area contributed by atoms with Crippen molar-refractivity contribution >= 4 is 18.3 Å². The van der Waals surface area contributed by atoms with Crippen molar-refractivity contribution in [3.8, 4) is 0 Å². The van der Waals surface area contributed by atoms with E-state index in [4.69, 9.17) is 5.73 Å². The first kappa shape index (κ1) is 19.3. The Morgan fingerprint density at radius 1 is 1.12 bits per heavy atom. The highest BCUT2D eigenvalue weighted by atomic mass is 35.5. The zero-order valence-corrected chi connectivity index (χ0v) is 15.3. The van der Waals surface area contributed by atoms with E-state index in [9.17, 15) is 4.79 Å². The molecule has 1 aromatic carbocycles. The van der Waals surface area contributed by atoms with Gasteiger partial charge in [0.05, 0.1) is 0 Å². The van der Waals surface area contributed by atoms with Crippen molar-refractivity contribution in [3.05, 3.63) is 35.4 Å². The number of nitrogens with two attached hydrogens (primary N) is 1. The highest BCUT2D eigenvalue weighted by molar-refractivity contribution is 5.85. The maximum atomic E-state index is 12.5. The molecule has 2 unspecified atom stereocenters. The molecule has 1 amide bonds. The third-order valence-electron chi connectivity index (χ3n) is 5.74. The van der Waals surface area contributed by atoms with Crippen LogP contribution in [0.2, 0.25) is 0 Å². The molecule has 0 bridgehead atoms. The number of fused-ring (bicyclic) bond motifs is 1. The Hall–Kier alpha value is -1.06. The lowest BCUT2D eigenvalue weighted by Crippen LogP contribution is -2.46. The van der Waals surface area contributed by atoms with Gasteiger partial charge in [-0.15, -0.1) is 12.4 Å². The van der Waals surface area contributed by atoms with Crippen LogP contribution in [0.25, 0.3) is 0 Å². The van der Waals surface area contributed by atoms with Gasteiger partial charge in [-0.25, -0.2) is 0 Å². The van der Waals surface area contributed by atoms with Crippen molar-refractivity contribution < 1.29 is 4.79 Å². The summed E-state index contributed by atoms with van der Waals surface area (Å²) in [6, 6.07) is 8.83. The molecule has 3 rings (SSSR count). The summed E-state index contributed by atoms with van der Waals surface area (Å²) >= 11 is 0. The fourth-order valence-corrected chi connectivity index (χ4v) is 4.38. The fourth-order valence-electron chi connectivity index (χ4n) is 4.38. The normalized spacial score (nSPS) is 22.1. The predicted molar refractivity (Wildman–Crippen MR) is 101 cm³/mol. The summed E-state index contributed by atoms with van der Waals surface area (Å²) in [4.78, 5) is 12.5. The van der Waals surface area contributed by atoms with Gasteiger partial charge >= 0.3 is 0 Å². The molecular weight excluding hydrogens is 320 g/mol. The number of benzene rings is 1. The van der Waals surface area contributed by atoms with Gasteiger partial charge < -0.3 is 11.1 Å². The summed E-state index contributed by atoms with van der Waals surface area (Å²) in [5.74, 6) is 1.27. The van der Waals surface area contributed by atoms with Gasteiger partial charge in [0.15, 0.2) is 0 Å². The van der Waals surface area contributed by atoms with Crippen molar-refractivity contribution in [1.29, 1.82) is 0 Å². The van der Waals surface area contributed by atoms with E-state index >= 15 is 0 Å². The van der Waals surface area contributed by atoms with E-state index in [1.54, 1.807) is 0 Å². The van der Waals surface area contributed by atoms with Crippen molar-refractivity contribution in [2.75, 3.05) is 6.54 Å². The number of aryl methyl sites for hydroxylation is 1. The van der Waals surface area contributed by atoms with Gasteiger partial charge in [-0.05, 0) is 55.1 Å². The monoisotopic (exact) mass is 350 g/mol. The number of carbonyl (C=O) groups is 1. The molecule has 3 N–H and O–H groups in total. The lowest BCUT2D eigenvalue weighted by Gasteiger charge is -2.31. The standard InChI is InChI=1S/C20H30N2O.ClH/c21-14-19(17-7-2-1-3-8-17)22-20(23)13-15-10-11-16-6-4-5-9-18(16)12-15;/h4-6,9,15,17,19H,1-3,7-8,10-14,21H2,(H,22,23);1H. The van der Waals surface area contributed by atoms with Crippen molar-refractivity contribution in [2.24, 2.45) is 17.6 Å². The highest BCUT2D eigenvalue weighted by Gasteiger charge is 2.26. The van der Waals surface area contributed by atoms with Gasteiger partial charge in [0.2, 0.25) is 5.91 Å². The van der Waals surface area contributed by atoms with E-state index in [1.807, 2.05) is 0 Å². The van der Waals surface area contributed by atoms with E-state index in [-0.39, 0.29) is 24.4 Å². The highest BCUT2D eigenvalue weighted by Crippen LogP contribution is 2.28. The number of rotatable bonds is 5. The van der Waals surface area contributed by atoms with Crippen LogP contribution in [0.5, 0.6) is 0 Å². The van der Waals surface area contributed by atoms with E-state index in [1.165, 1.54) is 43.2 Å². The van der Waals surface area contributed by atoms with Gasteiger partial charge in [-0.3, -0.25) is 4.79 Å². The van der Waals surface area contributed by atoms with Crippen LogP contribution in [0.15, 0.2) is 24.3 Å². The molecular formula is C20H31ClN2O. The Morgan fingerprint density at radius 2 is 1.83 bits per heavy atom. The van der Waals surface area contributed by atoms with Crippen LogP contribution in [0, 0.1) is 11.8 Å². The molecule has 0 heterocycles. The Kier molecular flexibility index (Phi) is 7.57. The summed E-state index contributed by atoms with van der Waals surface area (Å²) in [5, 5.41) is 3.24. The lowest BCUT2D eigenvalue weighted by molar-refractivity contribution is -0.123. The number of amides is 1. The van der Waals surface area contributed by atoms with Crippen LogP contribution in [-0.2, 0) is 17.6 Å². The minimum Gasteiger partial charge on any atom is -0.352 e. The third-order valence-corrected chi connectivity index (χ3v) is 5.74. The second-order valence-electron chi connectivity index (χ2n) is 7.39. The Balaban J connectivity index is 0.00000208. The molecule has 2 aliphatic carbocycles. The van der Waals surface area contributed by atoms with Gasteiger partial charge in [0.25, 0.3) is 0 Å².